The van der Waals surface area contributed by atoms with Crippen LogP contribution in [-0.4, -0.2) is 31.1 Å². The van der Waals surface area contributed by atoms with Crippen molar-refractivity contribution in [2.24, 2.45) is 0 Å². The highest BCUT2D eigenvalue weighted by Crippen LogP contribution is 2.21. The quantitative estimate of drug-likeness (QED) is 0.622. The number of nitrogens with zero attached hydrogens (tertiary/aromatic N) is 2. The second-order valence-electron chi connectivity index (χ2n) is 7.24. The first-order valence-electron chi connectivity index (χ1n) is 10.1. The molecule has 5 nitrogen and oxygen atoms in total. The summed E-state index contributed by atoms with van der Waals surface area (Å²) >= 11 is 5.87. The van der Waals surface area contributed by atoms with Crippen LogP contribution in [0.1, 0.15) is 44.2 Å². The summed E-state index contributed by atoms with van der Waals surface area (Å²) in [5.74, 6) is -1.74. The standard InChI is InChI=1S/C14H9ClF2N2.C8H17NO2S/c15-12-6-11(5-4-9(12)7-18)19-8-10-2-1-3-13(16)14(10)17;1-3-8(2)12(10,11)9-6-4-5-7-9/h1-6,19H,8H2;8H,3-7H2,1-2H3. The molecule has 1 saturated heterocycles. The first kappa shape index (κ1) is 25.1. The number of benzene rings is 2. The number of nitrogens with one attached hydrogen (secondary N) is 1. The lowest BCUT2D eigenvalue weighted by atomic mass is 10.2. The maximum Gasteiger partial charge on any atom is 0.216 e. The van der Waals surface area contributed by atoms with Crippen molar-refractivity contribution in [2.75, 3.05) is 18.4 Å². The van der Waals surface area contributed by atoms with E-state index >= 15 is 0 Å². The van der Waals surface area contributed by atoms with E-state index in [0.29, 0.717) is 22.7 Å². The van der Waals surface area contributed by atoms with Crippen molar-refractivity contribution >= 4 is 27.3 Å². The van der Waals surface area contributed by atoms with Crippen molar-refractivity contribution in [3.05, 3.63) is 64.2 Å². The summed E-state index contributed by atoms with van der Waals surface area (Å²) in [5, 5.41) is 11.8. The molecule has 1 aliphatic heterocycles. The van der Waals surface area contributed by atoms with Crippen LogP contribution in [0.3, 0.4) is 0 Å². The van der Waals surface area contributed by atoms with Gasteiger partial charge in [0.05, 0.1) is 15.8 Å². The summed E-state index contributed by atoms with van der Waals surface area (Å²) in [6.45, 7) is 5.29. The molecule has 1 atom stereocenters. The van der Waals surface area contributed by atoms with Crippen molar-refractivity contribution in [2.45, 2.75) is 44.9 Å². The summed E-state index contributed by atoms with van der Waals surface area (Å²) in [5.41, 5.74) is 1.22. The minimum absolute atomic E-state index is 0.131. The maximum atomic E-state index is 13.4. The van der Waals surface area contributed by atoms with Crippen molar-refractivity contribution in [1.29, 1.82) is 5.26 Å². The Kier molecular flexibility index (Phi) is 9.23. The van der Waals surface area contributed by atoms with E-state index in [0.717, 1.165) is 32.0 Å². The molecule has 1 unspecified atom stereocenters. The Morgan fingerprint density at radius 2 is 1.90 bits per heavy atom. The average molecular weight is 470 g/mol. The third-order valence-corrected chi connectivity index (χ3v) is 7.86. The molecule has 2 aromatic carbocycles. The van der Waals surface area contributed by atoms with Crippen LogP contribution >= 0.6 is 11.6 Å². The average Bonchev–Trinajstić information content (AvgIpc) is 3.30. The number of sulfonamides is 1. The van der Waals surface area contributed by atoms with Gasteiger partial charge in [0.25, 0.3) is 0 Å². The van der Waals surface area contributed by atoms with Crippen LogP contribution in [0.25, 0.3) is 0 Å². The Morgan fingerprint density at radius 1 is 1.23 bits per heavy atom. The van der Waals surface area contributed by atoms with E-state index in [2.05, 4.69) is 5.32 Å². The van der Waals surface area contributed by atoms with E-state index in [9.17, 15) is 17.2 Å². The number of hydrogen-bond acceptors (Lipinski definition) is 4. The summed E-state index contributed by atoms with van der Waals surface area (Å²) in [6, 6.07) is 10.7. The van der Waals surface area contributed by atoms with Crippen LogP contribution in [0, 0.1) is 23.0 Å². The fourth-order valence-electron chi connectivity index (χ4n) is 3.01. The molecule has 3 rings (SSSR count). The Bertz CT molecular complexity index is 1040. The topological polar surface area (TPSA) is 73.2 Å². The first-order valence-corrected chi connectivity index (χ1v) is 11.9. The third-order valence-electron chi connectivity index (χ3n) is 5.11. The lowest BCUT2D eigenvalue weighted by molar-refractivity contribution is 0.466. The highest BCUT2D eigenvalue weighted by atomic mass is 35.5. The van der Waals surface area contributed by atoms with E-state index in [1.807, 2.05) is 13.0 Å². The van der Waals surface area contributed by atoms with Gasteiger partial charge >= 0.3 is 0 Å². The van der Waals surface area contributed by atoms with Crippen LogP contribution < -0.4 is 5.32 Å². The van der Waals surface area contributed by atoms with E-state index in [1.165, 1.54) is 12.1 Å². The van der Waals surface area contributed by atoms with Gasteiger partial charge in [-0.2, -0.15) is 5.26 Å². The van der Waals surface area contributed by atoms with Crippen LogP contribution in [0.5, 0.6) is 0 Å². The molecular formula is C22H26ClF2N3O2S. The Morgan fingerprint density at radius 3 is 2.48 bits per heavy atom. The number of anilines is 1. The van der Waals surface area contributed by atoms with E-state index in [4.69, 9.17) is 16.9 Å². The Balaban J connectivity index is 0.000000245. The van der Waals surface area contributed by atoms with Crippen LogP contribution in [0.2, 0.25) is 5.02 Å². The van der Waals surface area contributed by atoms with Gasteiger partial charge < -0.3 is 5.32 Å². The minimum Gasteiger partial charge on any atom is -0.381 e. The predicted octanol–water partition coefficient (Wildman–Crippen LogP) is 5.31. The lowest BCUT2D eigenvalue weighted by Gasteiger charge is -2.19. The van der Waals surface area contributed by atoms with Gasteiger partial charge in [-0.25, -0.2) is 21.5 Å². The summed E-state index contributed by atoms with van der Waals surface area (Å²) in [6.07, 6.45) is 2.75. The number of hydrogen-bond donors (Lipinski definition) is 1. The smallest absolute Gasteiger partial charge is 0.216 e. The van der Waals surface area contributed by atoms with Gasteiger partial charge in [-0.05, 0) is 50.5 Å². The van der Waals surface area contributed by atoms with Gasteiger partial charge in [0.15, 0.2) is 11.6 Å². The van der Waals surface area contributed by atoms with Gasteiger partial charge in [0.1, 0.15) is 6.07 Å². The third kappa shape index (κ3) is 6.63. The summed E-state index contributed by atoms with van der Waals surface area (Å²) in [7, 11) is -2.96. The summed E-state index contributed by atoms with van der Waals surface area (Å²) in [4.78, 5) is 0. The van der Waals surface area contributed by atoms with E-state index in [-0.39, 0.29) is 17.4 Å². The molecule has 0 bridgehead atoms. The molecule has 168 valence electrons. The fraction of sp³-hybridized carbons (Fsp3) is 0.409. The molecule has 1 N–H and O–H groups in total. The van der Waals surface area contributed by atoms with Crippen molar-refractivity contribution in [3.63, 3.8) is 0 Å². The molecule has 1 heterocycles. The number of nitriles is 1. The zero-order chi connectivity index (χ0) is 23.0. The van der Waals surface area contributed by atoms with Crippen molar-refractivity contribution < 1.29 is 17.2 Å². The van der Waals surface area contributed by atoms with Crippen molar-refractivity contribution in [3.8, 4) is 6.07 Å². The number of rotatable bonds is 6. The molecule has 1 fully saturated rings. The van der Waals surface area contributed by atoms with Gasteiger partial charge in [-0.1, -0.05) is 30.7 Å². The zero-order valence-corrected chi connectivity index (χ0v) is 19.1. The van der Waals surface area contributed by atoms with E-state index < -0.39 is 21.7 Å². The number of halogens is 3. The predicted molar refractivity (Wildman–Crippen MR) is 119 cm³/mol. The second-order valence-corrected chi connectivity index (χ2v) is 10.0. The molecule has 0 radical (unpaired) electrons. The molecule has 0 saturated carbocycles. The molecule has 0 amide bonds. The molecule has 31 heavy (non-hydrogen) atoms. The van der Waals surface area contributed by atoms with Crippen LogP contribution in [0.4, 0.5) is 14.5 Å². The zero-order valence-electron chi connectivity index (χ0n) is 17.5. The molecule has 1 aliphatic rings. The molecule has 9 heteroatoms. The molecule has 0 aromatic heterocycles. The molecular weight excluding hydrogens is 444 g/mol. The fourth-order valence-corrected chi connectivity index (χ4v) is 4.93. The van der Waals surface area contributed by atoms with Crippen LogP contribution in [-0.2, 0) is 16.6 Å². The van der Waals surface area contributed by atoms with Gasteiger partial charge in [0.2, 0.25) is 10.0 Å². The van der Waals surface area contributed by atoms with E-state index in [1.54, 1.807) is 29.4 Å². The molecule has 2 aromatic rings. The van der Waals surface area contributed by atoms with Gasteiger partial charge in [-0.15, -0.1) is 0 Å². The monoisotopic (exact) mass is 469 g/mol. The first-order chi connectivity index (χ1) is 14.7. The van der Waals surface area contributed by atoms with Gasteiger partial charge in [0, 0.05) is 30.9 Å². The highest BCUT2D eigenvalue weighted by molar-refractivity contribution is 7.89. The largest absolute Gasteiger partial charge is 0.381 e. The molecule has 0 aliphatic carbocycles. The second kappa shape index (κ2) is 11.4. The van der Waals surface area contributed by atoms with Gasteiger partial charge in [-0.3, -0.25) is 0 Å². The Labute approximate surface area is 187 Å². The Hall–Kier alpha value is -2.21. The van der Waals surface area contributed by atoms with Crippen LogP contribution in [0.15, 0.2) is 36.4 Å². The SMILES string of the molecule is CCC(C)S(=O)(=O)N1CCCC1.N#Cc1ccc(NCc2cccc(F)c2F)cc1Cl. The van der Waals surface area contributed by atoms with Crippen molar-refractivity contribution in [1.82, 2.24) is 4.31 Å². The summed E-state index contributed by atoms with van der Waals surface area (Å²) < 4.78 is 51.4. The lowest BCUT2D eigenvalue weighted by Crippen LogP contribution is -2.34. The molecule has 0 spiro atoms. The maximum absolute atomic E-state index is 13.4. The normalized spacial score (nSPS) is 15.0. The minimum atomic E-state index is -2.96. The highest BCUT2D eigenvalue weighted by Gasteiger charge is 2.29.